The Balaban J connectivity index is 1.97. The average molecular weight is 288 g/mol. The summed E-state index contributed by atoms with van der Waals surface area (Å²) in [7, 11) is 0. The second-order valence-electron chi connectivity index (χ2n) is 5.48. The highest BCUT2D eigenvalue weighted by Gasteiger charge is 2.09. The van der Waals surface area contributed by atoms with Gasteiger partial charge in [-0.25, -0.2) is 0 Å². The lowest BCUT2D eigenvalue weighted by Gasteiger charge is -2.27. The van der Waals surface area contributed by atoms with Gasteiger partial charge in [0.25, 0.3) is 0 Å². The number of nitrogens with one attached hydrogen (secondary N) is 1. The van der Waals surface area contributed by atoms with E-state index in [1.54, 1.807) is 0 Å². The van der Waals surface area contributed by atoms with E-state index in [2.05, 4.69) is 84.9 Å². The third-order valence-corrected chi connectivity index (χ3v) is 3.60. The summed E-state index contributed by atoms with van der Waals surface area (Å²) in [4.78, 5) is 0. The van der Waals surface area contributed by atoms with Gasteiger partial charge in [-0.15, -0.1) is 0 Å². The first-order valence-corrected chi connectivity index (χ1v) is 7.47. The van der Waals surface area contributed by atoms with Crippen LogP contribution in [0.4, 0.5) is 17.1 Å². The van der Waals surface area contributed by atoms with Gasteiger partial charge in [0, 0.05) is 0 Å². The second kappa shape index (κ2) is 6.35. The monoisotopic (exact) mass is 288 g/mol. The highest BCUT2D eigenvalue weighted by atomic mass is 15.5. The van der Waals surface area contributed by atoms with Crippen LogP contribution in [0.25, 0.3) is 0 Å². The lowest BCUT2D eigenvalue weighted by Crippen LogP contribution is -2.24. The molecule has 0 fully saturated rings. The predicted molar refractivity (Wildman–Crippen MR) is 94.6 cm³/mol. The minimum atomic E-state index is 1.06. The lowest BCUT2D eigenvalue weighted by molar-refractivity contribution is 1.16. The largest absolute Gasteiger partial charge is 0.294 e. The number of aryl methyl sites for hydroxylation is 2. The maximum atomic E-state index is 3.48. The van der Waals surface area contributed by atoms with E-state index >= 15 is 0 Å². The molecule has 3 rings (SSSR count). The zero-order valence-electron chi connectivity index (χ0n) is 13.0. The Morgan fingerprint density at radius 2 is 1.05 bits per heavy atom. The Morgan fingerprint density at radius 1 is 0.591 bits per heavy atom. The molecule has 0 aliphatic rings. The zero-order chi connectivity index (χ0) is 15.4. The molecule has 0 bridgehead atoms. The molecule has 0 saturated heterocycles. The van der Waals surface area contributed by atoms with Crippen LogP contribution in [0.3, 0.4) is 0 Å². The van der Waals surface area contributed by atoms with Gasteiger partial charge in [0.1, 0.15) is 0 Å². The number of para-hydroxylation sites is 1. The maximum absolute atomic E-state index is 3.48. The van der Waals surface area contributed by atoms with Crippen molar-refractivity contribution in [1.29, 1.82) is 0 Å². The van der Waals surface area contributed by atoms with Crippen LogP contribution >= 0.6 is 0 Å². The maximum Gasteiger partial charge on any atom is 0.0630 e. The standard InChI is InChI=1S/C20H20N2/c1-16-8-12-19(13-9-16)22(20-14-10-17(2)11-15-20)21-18-6-4-3-5-7-18/h3-15,21H,1-2H3. The summed E-state index contributed by atoms with van der Waals surface area (Å²) in [5.74, 6) is 0. The molecule has 0 saturated carbocycles. The molecule has 22 heavy (non-hydrogen) atoms. The lowest BCUT2D eigenvalue weighted by atomic mass is 10.2. The fourth-order valence-electron chi connectivity index (χ4n) is 2.31. The van der Waals surface area contributed by atoms with Crippen molar-refractivity contribution in [1.82, 2.24) is 0 Å². The average Bonchev–Trinajstić information content (AvgIpc) is 2.56. The van der Waals surface area contributed by atoms with E-state index in [1.807, 2.05) is 18.2 Å². The minimum absolute atomic E-state index is 1.06. The Kier molecular flexibility index (Phi) is 4.10. The molecule has 0 heterocycles. The molecule has 3 aromatic carbocycles. The van der Waals surface area contributed by atoms with Gasteiger partial charge < -0.3 is 0 Å². The van der Waals surface area contributed by atoms with Crippen molar-refractivity contribution in [3.63, 3.8) is 0 Å². The molecule has 0 aromatic heterocycles. The van der Waals surface area contributed by atoms with Crippen LogP contribution in [0.1, 0.15) is 11.1 Å². The molecular weight excluding hydrogens is 268 g/mol. The quantitative estimate of drug-likeness (QED) is 0.640. The highest BCUT2D eigenvalue weighted by Crippen LogP contribution is 2.26. The third kappa shape index (κ3) is 3.29. The normalized spacial score (nSPS) is 10.3. The first-order chi connectivity index (χ1) is 10.7. The van der Waals surface area contributed by atoms with Crippen molar-refractivity contribution in [2.45, 2.75) is 13.8 Å². The molecule has 2 nitrogen and oxygen atoms in total. The molecule has 0 radical (unpaired) electrons. The van der Waals surface area contributed by atoms with Crippen LogP contribution in [0, 0.1) is 13.8 Å². The van der Waals surface area contributed by atoms with Crippen molar-refractivity contribution in [2.24, 2.45) is 0 Å². The molecular formula is C20H20N2. The van der Waals surface area contributed by atoms with Crippen LogP contribution in [0.15, 0.2) is 78.9 Å². The van der Waals surface area contributed by atoms with Gasteiger partial charge in [-0.05, 0) is 50.2 Å². The number of hydrogen-bond acceptors (Lipinski definition) is 2. The van der Waals surface area contributed by atoms with Crippen LogP contribution in [-0.2, 0) is 0 Å². The number of hydrazine groups is 1. The molecule has 0 amide bonds. The first-order valence-electron chi connectivity index (χ1n) is 7.47. The second-order valence-corrected chi connectivity index (χ2v) is 5.48. The Bertz CT molecular complexity index is 670. The Hall–Kier alpha value is -2.74. The van der Waals surface area contributed by atoms with Crippen molar-refractivity contribution in [2.75, 3.05) is 10.4 Å². The van der Waals surface area contributed by atoms with Gasteiger partial charge in [-0.1, -0.05) is 53.6 Å². The van der Waals surface area contributed by atoms with Gasteiger partial charge >= 0.3 is 0 Å². The van der Waals surface area contributed by atoms with E-state index in [0.29, 0.717) is 0 Å². The Labute approximate surface area is 132 Å². The SMILES string of the molecule is Cc1ccc(N(Nc2ccccc2)c2ccc(C)cc2)cc1. The molecule has 1 N–H and O–H groups in total. The summed E-state index contributed by atoms with van der Waals surface area (Å²) in [6.07, 6.45) is 0. The van der Waals surface area contributed by atoms with Crippen molar-refractivity contribution < 1.29 is 0 Å². The Morgan fingerprint density at radius 3 is 1.50 bits per heavy atom. The highest BCUT2D eigenvalue weighted by molar-refractivity contribution is 5.68. The van der Waals surface area contributed by atoms with Crippen LogP contribution in [0.2, 0.25) is 0 Å². The van der Waals surface area contributed by atoms with E-state index in [9.17, 15) is 0 Å². The summed E-state index contributed by atoms with van der Waals surface area (Å²) in [5, 5.41) is 2.11. The van der Waals surface area contributed by atoms with E-state index in [0.717, 1.165) is 17.1 Å². The topological polar surface area (TPSA) is 15.3 Å². The summed E-state index contributed by atoms with van der Waals surface area (Å²) >= 11 is 0. The van der Waals surface area contributed by atoms with Gasteiger partial charge in [0.05, 0.1) is 17.1 Å². The van der Waals surface area contributed by atoms with Gasteiger partial charge in [-0.2, -0.15) is 0 Å². The summed E-state index contributed by atoms with van der Waals surface area (Å²) in [6, 6.07) is 27.2. The van der Waals surface area contributed by atoms with Crippen LogP contribution in [0.5, 0.6) is 0 Å². The van der Waals surface area contributed by atoms with Gasteiger partial charge in [0.2, 0.25) is 0 Å². The van der Waals surface area contributed by atoms with Crippen molar-refractivity contribution in [3.8, 4) is 0 Å². The summed E-state index contributed by atoms with van der Waals surface area (Å²) in [6.45, 7) is 4.20. The molecule has 3 aromatic rings. The van der Waals surface area contributed by atoms with E-state index < -0.39 is 0 Å². The molecule has 2 heteroatoms. The third-order valence-electron chi connectivity index (χ3n) is 3.60. The predicted octanol–water partition coefficient (Wildman–Crippen LogP) is 5.47. The number of benzene rings is 3. The fraction of sp³-hybridized carbons (Fsp3) is 0.100. The molecule has 0 unspecified atom stereocenters. The van der Waals surface area contributed by atoms with Gasteiger partial charge in [0.15, 0.2) is 0 Å². The molecule has 0 atom stereocenters. The summed E-state index contributed by atoms with van der Waals surface area (Å²) < 4.78 is 0. The fourth-order valence-corrected chi connectivity index (χ4v) is 2.31. The van der Waals surface area contributed by atoms with Gasteiger partial charge in [-0.3, -0.25) is 10.4 Å². The first kappa shape index (κ1) is 14.2. The number of nitrogens with zero attached hydrogens (tertiary/aromatic N) is 1. The molecule has 0 aliphatic carbocycles. The van der Waals surface area contributed by atoms with Crippen molar-refractivity contribution in [3.05, 3.63) is 90.0 Å². The number of anilines is 3. The van der Waals surface area contributed by atoms with E-state index in [-0.39, 0.29) is 0 Å². The van der Waals surface area contributed by atoms with E-state index in [4.69, 9.17) is 0 Å². The summed E-state index contributed by atoms with van der Waals surface area (Å²) in [5.41, 5.74) is 9.28. The van der Waals surface area contributed by atoms with Crippen LogP contribution < -0.4 is 10.4 Å². The van der Waals surface area contributed by atoms with Crippen LogP contribution in [-0.4, -0.2) is 0 Å². The number of hydrogen-bond donors (Lipinski definition) is 1. The molecule has 0 aliphatic heterocycles. The molecule has 0 spiro atoms. The smallest absolute Gasteiger partial charge is 0.0630 e. The number of rotatable bonds is 4. The minimum Gasteiger partial charge on any atom is -0.294 e. The molecule has 110 valence electrons. The van der Waals surface area contributed by atoms with E-state index in [1.165, 1.54) is 11.1 Å². The van der Waals surface area contributed by atoms with Crippen molar-refractivity contribution >= 4 is 17.1 Å². The zero-order valence-corrected chi connectivity index (χ0v) is 13.0.